The maximum Gasteiger partial charge on any atom is 0.328 e. The molecule has 0 spiro atoms. The van der Waals surface area contributed by atoms with Crippen LogP contribution in [-0.4, -0.2) is 31.7 Å². The Kier molecular flexibility index (Phi) is 4.53. The molecule has 1 aromatic carbocycles. The number of urea groups is 1. The fraction of sp³-hybridized carbons (Fsp3) is 0.500. The molecule has 0 bridgehead atoms. The molecule has 0 unspecified atom stereocenters. The molecule has 7 heteroatoms. The number of carbonyl (C=O) groups excluding carboxylic acids is 1. The highest BCUT2D eigenvalue weighted by Crippen LogP contribution is 2.28. The van der Waals surface area contributed by atoms with Crippen LogP contribution >= 0.6 is 0 Å². The lowest BCUT2D eigenvalue weighted by Crippen LogP contribution is -2.46. The minimum Gasteiger partial charge on any atom is -0.388 e. The number of rotatable bonds is 4. The van der Waals surface area contributed by atoms with Crippen molar-refractivity contribution in [2.75, 3.05) is 6.54 Å². The van der Waals surface area contributed by atoms with Gasteiger partial charge < -0.3 is 10.4 Å². The summed E-state index contributed by atoms with van der Waals surface area (Å²) in [5.74, 6) is 0. The van der Waals surface area contributed by atoms with Gasteiger partial charge in [0.05, 0.1) is 10.5 Å². The van der Waals surface area contributed by atoms with Crippen LogP contribution in [0, 0.1) is 6.92 Å². The van der Waals surface area contributed by atoms with Crippen LogP contribution in [0.4, 0.5) is 4.79 Å². The molecular weight excluding hydrogens is 292 g/mol. The summed E-state index contributed by atoms with van der Waals surface area (Å²) in [6, 6.07) is 5.38. The zero-order valence-electron chi connectivity index (χ0n) is 11.9. The maximum absolute atomic E-state index is 12.0. The molecule has 2 amide bonds. The lowest BCUT2D eigenvalue weighted by Gasteiger charge is -2.22. The van der Waals surface area contributed by atoms with Crippen LogP contribution in [0.3, 0.4) is 0 Å². The zero-order chi connectivity index (χ0) is 15.5. The number of hydrogen-bond donors (Lipinski definition) is 3. The van der Waals surface area contributed by atoms with Gasteiger partial charge in [-0.1, -0.05) is 30.5 Å². The Bertz CT molecular complexity index is 604. The van der Waals surface area contributed by atoms with Gasteiger partial charge in [0.25, 0.3) is 10.0 Å². The van der Waals surface area contributed by atoms with Gasteiger partial charge in [0.1, 0.15) is 0 Å². The summed E-state index contributed by atoms with van der Waals surface area (Å²) in [6.07, 6.45) is 3.08. The van der Waals surface area contributed by atoms with Crippen LogP contribution in [0.5, 0.6) is 0 Å². The fourth-order valence-corrected chi connectivity index (χ4v) is 3.32. The molecule has 1 aliphatic rings. The maximum atomic E-state index is 12.0. The first-order chi connectivity index (χ1) is 9.81. The molecule has 0 radical (unpaired) electrons. The number of sulfonamides is 1. The molecule has 0 aliphatic heterocycles. The van der Waals surface area contributed by atoms with Crippen LogP contribution in [0.1, 0.15) is 31.2 Å². The molecule has 1 saturated carbocycles. The first-order valence-electron chi connectivity index (χ1n) is 6.90. The van der Waals surface area contributed by atoms with Crippen molar-refractivity contribution >= 4 is 16.1 Å². The molecule has 0 heterocycles. The SMILES string of the molecule is Cc1ccc(S(=O)(=O)NC(=O)NCC2(O)CCCC2)cc1. The van der Waals surface area contributed by atoms with Crippen LogP contribution in [0.15, 0.2) is 29.2 Å². The largest absolute Gasteiger partial charge is 0.388 e. The summed E-state index contributed by atoms with van der Waals surface area (Å²) in [5.41, 5.74) is 0.0205. The van der Waals surface area contributed by atoms with Gasteiger partial charge >= 0.3 is 6.03 Å². The monoisotopic (exact) mass is 312 g/mol. The Morgan fingerprint density at radius 3 is 2.38 bits per heavy atom. The number of nitrogens with one attached hydrogen (secondary N) is 2. The lowest BCUT2D eigenvalue weighted by molar-refractivity contribution is 0.0503. The Morgan fingerprint density at radius 1 is 1.24 bits per heavy atom. The van der Waals surface area contributed by atoms with E-state index in [2.05, 4.69) is 5.32 Å². The van der Waals surface area contributed by atoms with E-state index in [0.29, 0.717) is 12.8 Å². The van der Waals surface area contributed by atoms with Crippen molar-refractivity contribution in [2.45, 2.75) is 43.1 Å². The summed E-state index contributed by atoms with van der Waals surface area (Å²) in [7, 11) is -3.89. The number of hydrogen-bond acceptors (Lipinski definition) is 4. The van der Waals surface area contributed by atoms with Crippen LogP contribution in [-0.2, 0) is 10.0 Å². The number of aryl methyl sites for hydroxylation is 1. The second kappa shape index (κ2) is 6.03. The van der Waals surface area contributed by atoms with E-state index in [9.17, 15) is 18.3 Å². The topological polar surface area (TPSA) is 95.5 Å². The highest BCUT2D eigenvalue weighted by molar-refractivity contribution is 7.90. The number of benzene rings is 1. The molecule has 0 saturated heterocycles. The minimum atomic E-state index is -3.89. The van der Waals surface area contributed by atoms with E-state index >= 15 is 0 Å². The average molecular weight is 312 g/mol. The predicted octanol–water partition coefficient (Wildman–Crippen LogP) is 1.29. The first kappa shape index (κ1) is 15.8. The Labute approximate surface area is 124 Å². The van der Waals surface area contributed by atoms with Gasteiger partial charge in [-0.05, 0) is 31.9 Å². The molecule has 1 fully saturated rings. The first-order valence-corrected chi connectivity index (χ1v) is 8.39. The average Bonchev–Trinajstić information content (AvgIpc) is 2.84. The molecule has 0 aromatic heterocycles. The molecule has 21 heavy (non-hydrogen) atoms. The number of carbonyl (C=O) groups is 1. The standard InChI is InChI=1S/C14H20N2O4S/c1-11-4-6-12(7-5-11)21(19,20)16-13(17)15-10-14(18)8-2-3-9-14/h4-7,18H,2-3,8-10H2,1H3,(H2,15,16,17). The zero-order valence-corrected chi connectivity index (χ0v) is 12.7. The normalized spacial score (nSPS) is 17.4. The van der Waals surface area contributed by atoms with Crippen LogP contribution in [0.2, 0.25) is 0 Å². The number of aliphatic hydroxyl groups is 1. The van der Waals surface area contributed by atoms with Gasteiger partial charge in [-0.15, -0.1) is 0 Å². The summed E-state index contributed by atoms with van der Waals surface area (Å²) < 4.78 is 25.9. The van der Waals surface area contributed by atoms with E-state index in [4.69, 9.17) is 0 Å². The highest BCUT2D eigenvalue weighted by Gasteiger charge is 2.31. The van der Waals surface area contributed by atoms with Crippen molar-refractivity contribution < 1.29 is 18.3 Å². The summed E-state index contributed by atoms with van der Waals surface area (Å²) in [5, 5.41) is 12.5. The third-order valence-corrected chi connectivity index (χ3v) is 5.02. The smallest absolute Gasteiger partial charge is 0.328 e. The summed E-state index contributed by atoms with van der Waals surface area (Å²) in [6.45, 7) is 1.90. The van der Waals surface area contributed by atoms with Crippen LogP contribution in [0.25, 0.3) is 0 Å². The van der Waals surface area contributed by atoms with E-state index in [1.807, 2.05) is 11.6 Å². The van der Waals surface area contributed by atoms with Gasteiger partial charge in [-0.25, -0.2) is 17.9 Å². The highest BCUT2D eigenvalue weighted by atomic mass is 32.2. The van der Waals surface area contributed by atoms with E-state index in [1.54, 1.807) is 12.1 Å². The van der Waals surface area contributed by atoms with E-state index in [0.717, 1.165) is 18.4 Å². The van der Waals surface area contributed by atoms with Crippen molar-refractivity contribution in [1.82, 2.24) is 10.0 Å². The number of amides is 2. The molecule has 6 nitrogen and oxygen atoms in total. The van der Waals surface area contributed by atoms with Gasteiger partial charge in [0.15, 0.2) is 0 Å². The molecule has 3 N–H and O–H groups in total. The van der Waals surface area contributed by atoms with Crippen molar-refractivity contribution in [3.8, 4) is 0 Å². The van der Waals surface area contributed by atoms with Crippen molar-refractivity contribution in [3.63, 3.8) is 0 Å². The quantitative estimate of drug-likeness (QED) is 0.780. The molecular formula is C14H20N2O4S. The molecule has 1 aromatic rings. The molecule has 2 rings (SSSR count). The second-order valence-electron chi connectivity index (χ2n) is 5.53. The van der Waals surface area contributed by atoms with Gasteiger partial charge in [0, 0.05) is 6.54 Å². The van der Waals surface area contributed by atoms with E-state index < -0.39 is 21.7 Å². The van der Waals surface area contributed by atoms with Gasteiger partial charge in [-0.2, -0.15) is 0 Å². The van der Waals surface area contributed by atoms with Gasteiger partial charge in [0.2, 0.25) is 0 Å². The Morgan fingerprint density at radius 2 is 1.81 bits per heavy atom. The lowest BCUT2D eigenvalue weighted by atomic mass is 10.0. The Hall–Kier alpha value is -1.60. The van der Waals surface area contributed by atoms with Crippen LogP contribution < -0.4 is 10.0 Å². The predicted molar refractivity (Wildman–Crippen MR) is 78.3 cm³/mol. The molecule has 0 atom stereocenters. The third kappa shape index (κ3) is 4.18. The molecule has 116 valence electrons. The summed E-state index contributed by atoms with van der Waals surface area (Å²) >= 11 is 0. The third-order valence-electron chi connectivity index (χ3n) is 3.67. The van der Waals surface area contributed by atoms with E-state index in [1.165, 1.54) is 12.1 Å². The second-order valence-corrected chi connectivity index (χ2v) is 7.22. The van der Waals surface area contributed by atoms with E-state index in [-0.39, 0.29) is 11.4 Å². The minimum absolute atomic E-state index is 0.0304. The van der Waals surface area contributed by atoms with Gasteiger partial charge in [-0.3, -0.25) is 0 Å². The van der Waals surface area contributed by atoms with Crippen molar-refractivity contribution in [3.05, 3.63) is 29.8 Å². The van der Waals surface area contributed by atoms with Crippen molar-refractivity contribution in [2.24, 2.45) is 0 Å². The fourth-order valence-electron chi connectivity index (χ4n) is 2.39. The summed E-state index contributed by atoms with van der Waals surface area (Å²) in [4.78, 5) is 11.7. The Balaban J connectivity index is 1.93. The molecule has 1 aliphatic carbocycles. The van der Waals surface area contributed by atoms with Crippen molar-refractivity contribution in [1.29, 1.82) is 0 Å².